The molecule has 10 heteroatoms. The minimum Gasteiger partial charge on any atom is -0.494 e. The summed E-state index contributed by atoms with van der Waals surface area (Å²) < 4.78 is 10.2. The largest absolute Gasteiger partial charge is 0.494 e. The Morgan fingerprint density at radius 3 is 2.57 bits per heavy atom. The molecule has 2 saturated heterocycles. The van der Waals surface area contributed by atoms with E-state index in [0.29, 0.717) is 11.3 Å². The second kappa shape index (κ2) is 11.1. The highest BCUT2D eigenvalue weighted by Gasteiger charge is 2.47. The van der Waals surface area contributed by atoms with Crippen LogP contribution in [0.25, 0.3) is 33.6 Å². The van der Waals surface area contributed by atoms with Crippen LogP contribution in [-0.2, 0) is 18.4 Å². The molecule has 4 bridgehead atoms. The Labute approximate surface area is 269 Å². The third-order valence-corrected chi connectivity index (χ3v) is 11.6. The van der Waals surface area contributed by atoms with Gasteiger partial charge in [0, 0.05) is 48.1 Å². The van der Waals surface area contributed by atoms with Gasteiger partial charge in [-0.15, -0.1) is 0 Å². The molecule has 6 heterocycles. The number of benzene rings is 1. The lowest BCUT2D eigenvalue weighted by molar-refractivity contribution is -0.137. The number of fused-ring (bicyclic) bond motifs is 4. The van der Waals surface area contributed by atoms with Crippen LogP contribution >= 0.6 is 0 Å². The number of nitrogens with one attached hydrogen (secondary N) is 1. The van der Waals surface area contributed by atoms with E-state index >= 15 is 0 Å². The predicted octanol–water partition coefficient (Wildman–Crippen LogP) is 5.61. The van der Waals surface area contributed by atoms with Crippen molar-refractivity contribution in [3.63, 3.8) is 0 Å². The summed E-state index contributed by atoms with van der Waals surface area (Å²) in [5.74, 6) is 1.63. The Balaban J connectivity index is 1.19. The molecule has 3 aromatic heterocycles. The molecule has 3 fully saturated rings. The lowest BCUT2D eigenvalue weighted by atomic mass is 9.65. The minimum absolute atomic E-state index is 0.0105. The SMILES string of the molecule is COc1cc(C(=O)N2[C@H]3CC[C@@H]2[C@H](N)C3)cc2nc(-c3cc4ccc5nc4n3CCCCCCC3(CCC3)C(=O)N[C@@H]5C)n(C)c12. The molecule has 46 heavy (non-hydrogen) atoms. The van der Waals surface area contributed by atoms with E-state index in [-0.39, 0.29) is 41.4 Å². The van der Waals surface area contributed by atoms with Crippen LogP contribution in [0.4, 0.5) is 0 Å². The standard InChI is InChI=1S/C36H45N7O3/c1-21-26-11-9-22-18-29(42(32(22)39-26)16-7-5-4-6-13-36(14-8-15-36)35(45)38-21)33-40-27-17-23(19-30(46-3)31(27)41(33)2)34(44)43-24-10-12-28(43)25(37)20-24/h9,11,17-19,21,24-25,28H,4-8,10,12-16,20,37H2,1-3H3,(H,38,45)/t21-,24+,25-,28-/m1/s1. The number of nitrogens with two attached hydrogens (primary N) is 1. The summed E-state index contributed by atoms with van der Waals surface area (Å²) in [6, 6.07) is 10.3. The highest BCUT2D eigenvalue weighted by Crippen LogP contribution is 2.46. The minimum atomic E-state index is -0.192. The van der Waals surface area contributed by atoms with Crippen molar-refractivity contribution in [2.24, 2.45) is 18.2 Å². The molecular weight excluding hydrogens is 578 g/mol. The maximum atomic E-state index is 13.8. The van der Waals surface area contributed by atoms with Crippen LogP contribution in [0.2, 0.25) is 0 Å². The lowest BCUT2D eigenvalue weighted by Crippen LogP contribution is -2.46. The first-order valence-electron chi connectivity index (χ1n) is 17.2. The molecule has 2 amide bonds. The zero-order chi connectivity index (χ0) is 31.7. The molecule has 0 radical (unpaired) electrons. The van der Waals surface area contributed by atoms with Gasteiger partial charge in [0.2, 0.25) is 5.91 Å². The maximum Gasteiger partial charge on any atom is 0.254 e. The Morgan fingerprint density at radius 1 is 1.04 bits per heavy atom. The van der Waals surface area contributed by atoms with E-state index < -0.39 is 0 Å². The van der Waals surface area contributed by atoms with E-state index in [2.05, 4.69) is 26.6 Å². The quantitative estimate of drug-likeness (QED) is 0.306. The van der Waals surface area contributed by atoms with E-state index in [1.807, 2.05) is 37.1 Å². The summed E-state index contributed by atoms with van der Waals surface area (Å²) in [6.45, 7) is 2.86. The Hall–Kier alpha value is -3.92. The van der Waals surface area contributed by atoms with E-state index in [1.165, 1.54) is 0 Å². The molecule has 4 aromatic rings. The van der Waals surface area contributed by atoms with Gasteiger partial charge in [0.05, 0.1) is 30.1 Å². The average molecular weight is 624 g/mol. The number of hydrogen-bond acceptors (Lipinski definition) is 6. The van der Waals surface area contributed by atoms with Crippen LogP contribution in [-0.4, -0.2) is 61.1 Å². The third kappa shape index (κ3) is 4.54. The number of aryl methyl sites for hydroxylation is 2. The van der Waals surface area contributed by atoms with Crippen molar-refractivity contribution in [1.29, 1.82) is 0 Å². The Morgan fingerprint density at radius 2 is 1.85 bits per heavy atom. The molecule has 4 aliphatic rings. The van der Waals surface area contributed by atoms with Crippen molar-refractivity contribution in [3.8, 4) is 17.3 Å². The first-order chi connectivity index (χ1) is 22.3. The molecule has 3 N–H and O–H groups in total. The number of amides is 2. The van der Waals surface area contributed by atoms with Gasteiger partial charge in [-0.05, 0) is 82.2 Å². The molecule has 1 aromatic carbocycles. The van der Waals surface area contributed by atoms with Gasteiger partial charge in [-0.1, -0.05) is 25.7 Å². The van der Waals surface area contributed by atoms with Gasteiger partial charge in [-0.3, -0.25) is 9.59 Å². The second-order valence-electron chi connectivity index (χ2n) is 14.3. The monoisotopic (exact) mass is 623 g/mol. The van der Waals surface area contributed by atoms with Gasteiger partial charge in [-0.25, -0.2) is 9.97 Å². The fourth-order valence-corrected chi connectivity index (χ4v) is 8.82. The van der Waals surface area contributed by atoms with Crippen LogP contribution in [0, 0.1) is 5.41 Å². The normalized spacial score (nSPS) is 26.1. The number of methoxy groups -OCH3 is 1. The Kier molecular flexibility index (Phi) is 7.12. The van der Waals surface area contributed by atoms with E-state index in [0.717, 1.165) is 116 Å². The topological polar surface area (TPSA) is 120 Å². The van der Waals surface area contributed by atoms with Crippen LogP contribution in [0.3, 0.4) is 0 Å². The van der Waals surface area contributed by atoms with E-state index in [9.17, 15) is 9.59 Å². The van der Waals surface area contributed by atoms with Gasteiger partial charge in [0.15, 0.2) is 5.82 Å². The first kappa shape index (κ1) is 29.5. The average Bonchev–Trinajstić information content (AvgIpc) is 3.78. The van der Waals surface area contributed by atoms with Gasteiger partial charge in [0.1, 0.15) is 16.9 Å². The van der Waals surface area contributed by atoms with Crippen molar-refractivity contribution < 1.29 is 14.3 Å². The molecule has 242 valence electrons. The number of nitrogens with zero attached hydrogens (tertiary/aromatic N) is 5. The molecule has 8 rings (SSSR count). The van der Waals surface area contributed by atoms with Gasteiger partial charge < -0.3 is 29.8 Å². The van der Waals surface area contributed by atoms with E-state index in [4.69, 9.17) is 20.4 Å². The van der Waals surface area contributed by atoms with Gasteiger partial charge in [0.25, 0.3) is 5.91 Å². The van der Waals surface area contributed by atoms with Crippen molar-refractivity contribution in [2.45, 2.75) is 108 Å². The number of ether oxygens (including phenoxy) is 1. The highest BCUT2D eigenvalue weighted by molar-refractivity contribution is 6.00. The van der Waals surface area contributed by atoms with Gasteiger partial charge in [-0.2, -0.15) is 0 Å². The van der Waals surface area contributed by atoms with Crippen LogP contribution < -0.4 is 15.8 Å². The zero-order valence-corrected chi connectivity index (χ0v) is 27.2. The molecule has 0 unspecified atom stereocenters. The summed E-state index contributed by atoms with van der Waals surface area (Å²) in [5.41, 5.74) is 11.1. The number of rotatable bonds is 3. The molecule has 1 aliphatic carbocycles. The predicted molar refractivity (Wildman–Crippen MR) is 177 cm³/mol. The number of pyridine rings is 1. The zero-order valence-electron chi connectivity index (χ0n) is 27.2. The number of aromatic nitrogens is 4. The van der Waals surface area contributed by atoms with Crippen LogP contribution in [0.1, 0.15) is 99.6 Å². The maximum absolute atomic E-state index is 13.8. The molecule has 3 aliphatic heterocycles. The fourth-order valence-electron chi connectivity index (χ4n) is 8.82. The number of imidazole rings is 1. The smallest absolute Gasteiger partial charge is 0.254 e. The number of carbonyl (C=O) groups is 2. The first-order valence-corrected chi connectivity index (χ1v) is 17.2. The molecule has 1 saturated carbocycles. The second-order valence-corrected chi connectivity index (χ2v) is 14.3. The molecule has 1 spiro atoms. The number of hydrogen-bond donors (Lipinski definition) is 2. The van der Waals surface area contributed by atoms with Crippen molar-refractivity contribution in [2.75, 3.05) is 7.11 Å². The third-order valence-electron chi connectivity index (χ3n) is 11.6. The summed E-state index contributed by atoms with van der Waals surface area (Å²) in [6.07, 6.45) is 11.3. The molecular formula is C36H45N7O3. The van der Waals surface area contributed by atoms with Crippen molar-refractivity contribution in [1.82, 2.24) is 29.3 Å². The highest BCUT2D eigenvalue weighted by atomic mass is 16.5. The van der Waals surface area contributed by atoms with E-state index in [1.54, 1.807) is 7.11 Å². The lowest BCUT2D eigenvalue weighted by Gasteiger charge is -2.41. The van der Waals surface area contributed by atoms with Gasteiger partial charge >= 0.3 is 0 Å². The molecule has 10 nitrogen and oxygen atoms in total. The summed E-state index contributed by atoms with van der Waals surface area (Å²) in [4.78, 5) is 39.6. The number of carbonyl (C=O) groups excluding carboxylic acids is 2. The fraction of sp³-hybridized carbons (Fsp3) is 0.556. The van der Waals surface area contributed by atoms with Crippen molar-refractivity contribution in [3.05, 3.63) is 41.6 Å². The summed E-state index contributed by atoms with van der Waals surface area (Å²) >= 11 is 0. The summed E-state index contributed by atoms with van der Waals surface area (Å²) in [7, 11) is 3.66. The molecule has 4 atom stereocenters. The van der Waals surface area contributed by atoms with Crippen LogP contribution in [0.15, 0.2) is 30.3 Å². The van der Waals surface area contributed by atoms with Crippen LogP contribution in [0.5, 0.6) is 5.75 Å². The van der Waals surface area contributed by atoms with Crippen molar-refractivity contribution >= 4 is 33.9 Å². The Bertz CT molecular complexity index is 1850. The summed E-state index contributed by atoms with van der Waals surface area (Å²) in [5, 5.41) is 4.35.